The Kier molecular flexibility index (Phi) is 3.55. The molecular weight excluding hydrogens is 274 g/mol. The zero-order valence-corrected chi connectivity index (χ0v) is 11.1. The normalized spacial score (nSPS) is 13.3. The van der Waals surface area contributed by atoms with Crippen molar-refractivity contribution in [2.75, 3.05) is 18.5 Å². The summed E-state index contributed by atoms with van der Waals surface area (Å²) < 4.78 is 11.2. The molecule has 1 aromatic carbocycles. The summed E-state index contributed by atoms with van der Waals surface area (Å²) >= 11 is 0. The highest BCUT2D eigenvalue weighted by atomic mass is 16.6. The van der Waals surface area contributed by atoms with E-state index >= 15 is 0 Å². The lowest BCUT2D eigenvalue weighted by Crippen LogP contribution is -1.97. The second kappa shape index (κ2) is 5.66. The SMILES string of the molecule is O=[N+]([O-])c1ccc(Nc2ccc3c(c2)OCCCO3)nc1. The number of hydrogen-bond acceptors (Lipinski definition) is 6. The van der Waals surface area contributed by atoms with E-state index in [-0.39, 0.29) is 5.69 Å². The molecule has 7 nitrogen and oxygen atoms in total. The molecule has 0 bridgehead atoms. The van der Waals surface area contributed by atoms with Gasteiger partial charge < -0.3 is 14.8 Å². The predicted octanol–water partition coefficient (Wildman–Crippen LogP) is 2.89. The first kappa shape index (κ1) is 13.2. The molecule has 1 aliphatic heterocycles. The number of fused-ring (bicyclic) bond motifs is 1. The third kappa shape index (κ3) is 3.02. The van der Waals surface area contributed by atoms with Gasteiger partial charge >= 0.3 is 0 Å². The van der Waals surface area contributed by atoms with Crippen LogP contribution in [0.1, 0.15) is 6.42 Å². The molecule has 2 aromatic rings. The van der Waals surface area contributed by atoms with E-state index in [2.05, 4.69) is 10.3 Å². The Hall–Kier alpha value is -2.83. The van der Waals surface area contributed by atoms with Gasteiger partial charge in [-0.3, -0.25) is 10.1 Å². The highest BCUT2D eigenvalue weighted by Crippen LogP contribution is 2.33. The zero-order chi connectivity index (χ0) is 14.7. The lowest BCUT2D eigenvalue weighted by Gasteiger charge is -2.10. The summed E-state index contributed by atoms with van der Waals surface area (Å²) in [5.74, 6) is 1.92. The van der Waals surface area contributed by atoms with Crippen molar-refractivity contribution in [3.05, 3.63) is 46.6 Å². The van der Waals surface area contributed by atoms with Gasteiger partial charge in [-0.05, 0) is 18.2 Å². The van der Waals surface area contributed by atoms with Gasteiger partial charge in [0.2, 0.25) is 0 Å². The molecule has 0 saturated heterocycles. The van der Waals surface area contributed by atoms with Crippen molar-refractivity contribution in [3.63, 3.8) is 0 Å². The summed E-state index contributed by atoms with van der Waals surface area (Å²) in [6.45, 7) is 1.26. The number of aromatic nitrogens is 1. The Labute approximate surface area is 120 Å². The lowest BCUT2D eigenvalue weighted by molar-refractivity contribution is -0.385. The molecule has 0 spiro atoms. The summed E-state index contributed by atoms with van der Waals surface area (Å²) in [7, 11) is 0. The quantitative estimate of drug-likeness (QED) is 0.690. The van der Waals surface area contributed by atoms with E-state index in [1.807, 2.05) is 18.2 Å². The van der Waals surface area contributed by atoms with E-state index in [4.69, 9.17) is 9.47 Å². The Morgan fingerprint density at radius 1 is 1.14 bits per heavy atom. The Balaban J connectivity index is 1.78. The largest absolute Gasteiger partial charge is 0.490 e. The van der Waals surface area contributed by atoms with Crippen molar-refractivity contribution in [2.45, 2.75) is 6.42 Å². The minimum atomic E-state index is -0.482. The molecule has 0 saturated carbocycles. The van der Waals surface area contributed by atoms with E-state index in [0.29, 0.717) is 24.8 Å². The minimum Gasteiger partial charge on any atom is -0.490 e. The summed E-state index contributed by atoms with van der Waals surface area (Å²) in [5.41, 5.74) is 0.736. The fourth-order valence-corrected chi connectivity index (χ4v) is 1.96. The molecule has 0 amide bonds. The number of benzene rings is 1. The van der Waals surface area contributed by atoms with Crippen LogP contribution in [0.5, 0.6) is 11.5 Å². The molecule has 108 valence electrons. The second-order valence-electron chi connectivity index (χ2n) is 4.50. The average Bonchev–Trinajstić information content (AvgIpc) is 2.72. The summed E-state index contributed by atoms with van der Waals surface area (Å²) in [6, 6.07) is 8.45. The molecule has 1 N–H and O–H groups in total. The van der Waals surface area contributed by atoms with Crippen LogP contribution in [0.2, 0.25) is 0 Å². The van der Waals surface area contributed by atoms with Crippen molar-refractivity contribution in [3.8, 4) is 11.5 Å². The van der Waals surface area contributed by atoms with Gasteiger partial charge in [-0.25, -0.2) is 4.98 Å². The number of anilines is 2. The molecule has 21 heavy (non-hydrogen) atoms. The van der Waals surface area contributed by atoms with Crippen molar-refractivity contribution < 1.29 is 14.4 Å². The fourth-order valence-electron chi connectivity index (χ4n) is 1.96. The molecule has 0 aliphatic carbocycles. The maximum atomic E-state index is 10.6. The monoisotopic (exact) mass is 287 g/mol. The zero-order valence-electron chi connectivity index (χ0n) is 11.1. The third-order valence-electron chi connectivity index (χ3n) is 2.98. The number of nitrogens with one attached hydrogen (secondary N) is 1. The number of rotatable bonds is 3. The number of nitrogens with zero attached hydrogens (tertiary/aromatic N) is 2. The Morgan fingerprint density at radius 3 is 2.67 bits per heavy atom. The first-order valence-electron chi connectivity index (χ1n) is 6.49. The Morgan fingerprint density at radius 2 is 1.95 bits per heavy atom. The van der Waals surface area contributed by atoms with E-state index < -0.39 is 4.92 Å². The minimum absolute atomic E-state index is 0.0424. The van der Waals surface area contributed by atoms with Gasteiger partial charge in [0.1, 0.15) is 12.0 Å². The Bertz CT molecular complexity index is 658. The smallest absolute Gasteiger partial charge is 0.287 e. The van der Waals surface area contributed by atoms with Crippen molar-refractivity contribution in [1.29, 1.82) is 0 Å². The number of pyridine rings is 1. The van der Waals surface area contributed by atoms with Gasteiger partial charge in [0.25, 0.3) is 5.69 Å². The number of nitro groups is 1. The van der Waals surface area contributed by atoms with Gasteiger partial charge in [0.15, 0.2) is 11.5 Å². The van der Waals surface area contributed by atoms with Crippen LogP contribution >= 0.6 is 0 Å². The molecular formula is C14H13N3O4. The van der Waals surface area contributed by atoms with E-state index in [0.717, 1.165) is 17.9 Å². The van der Waals surface area contributed by atoms with Crippen LogP contribution in [0.3, 0.4) is 0 Å². The maximum Gasteiger partial charge on any atom is 0.287 e. The highest BCUT2D eigenvalue weighted by Gasteiger charge is 2.11. The summed E-state index contributed by atoms with van der Waals surface area (Å²) in [5, 5.41) is 13.6. The van der Waals surface area contributed by atoms with Crippen LogP contribution in [0, 0.1) is 10.1 Å². The topological polar surface area (TPSA) is 86.5 Å². The lowest BCUT2D eigenvalue weighted by atomic mass is 10.2. The van der Waals surface area contributed by atoms with Crippen molar-refractivity contribution in [2.24, 2.45) is 0 Å². The van der Waals surface area contributed by atoms with E-state index in [1.165, 1.54) is 12.3 Å². The van der Waals surface area contributed by atoms with Crippen LogP contribution in [0.4, 0.5) is 17.2 Å². The first-order chi connectivity index (χ1) is 10.2. The highest BCUT2D eigenvalue weighted by molar-refractivity contribution is 5.61. The van der Waals surface area contributed by atoms with Gasteiger partial charge in [-0.15, -0.1) is 0 Å². The van der Waals surface area contributed by atoms with Crippen LogP contribution < -0.4 is 14.8 Å². The first-order valence-corrected chi connectivity index (χ1v) is 6.49. The van der Waals surface area contributed by atoms with Crippen molar-refractivity contribution in [1.82, 2.24) is 4.98 Å². The van der Waals surface area contributed by atoms with Gasteiger partial charge in [-0.2, -0.15) is 0 Å². The molecule has 0 fully saturated rings. The van der Waals surface area contributed by atoms with E-state index in [1.54, 1.807) is 6.07 Å². The molecule has 1 aromatic heterocycles. The summed E-state index contributed by atoms with van der Waals surface area (Å²) in [4.78, 5) is 14.1. The molecule has 0 atom stereocenters. The maximum absolute atomic E-state index is 10.6. The molecule has 1 aliphatic rings. The third-order valence-corrected chi connectivity index (χ3v) is 2.98. The van der Waals surface area contributed by atoms with Gasteiger partial charge in [-0.1, -0.05) is 0 Å². The van der Waals surface area contributed by atoms with E-state index in [9.17, 15) is 10.1 Å². The molecule has 2 heterocycles. The van der Waals surface area contributed by atoms with Crippen LogP contribution in [-0.4, -0.2) is 23.1 Å². The molecule has 3 rings (SSSR count). The average molecular weight is 287 g/mol. The fraction of sp³-hybridized carbons (Fsp3) is 0.214. The molecule has 0 unspecified atom stereocenters. The second-order valence-corrected chi connectivity index (χ2v) is 4.50. The molecule has 7 heteroatoms. The summed E-state index contributed by atoms with van der Waals surface area (Å²) in [6.07, 6.45) is 2.06. The standard InChI is InChI=1S/C14H13N3O4/c18-17(19)11-3-5-14(15-9-11)16-10-2-4-12-13(8-10)21-7-1-6-20-12/h2-5,8-9H,1,6-7H2,(H,15,16). The van der Waals surface area contributed by atoms with Crippen LogP contribution in [0.15, 0.2) is 36.5 Å². The van der Waals surface area contributed by atoms with Crippen molar-refractivity contribution >= 4 is 17.2 Å². The van der Waals surface area contributed by atoms with Crippen LogP contribution in [0.25, 0.3) is 0 Å². The number of ether oxygens (including phenoxy) is 2. The number of hydrogen-bond donors (Lipinski definition) is 1. The van der Waals surface area contributed by atoms with Gasteiger partial charge in [0, 0.05) is 24.2 Å². The predicted molar refractivity (Wildman–Crippen MR) is 76.2 cm³/mol. The van der Waals surface area contributed by atoms with Gasteiger partial charge in [0.05, 0.1) is 18.1 Å². The molecule has 0 radical (unpaired) electrons. The van der Waals surface area contributed by atoms with Crippen LogP contribution in [-0.2, 0) is 0 Å².